The van der Waals surface area contributed by atoms with Gasteiger partial charge in [0.15, 0.2) is 6.10 Å². The number of para-hydroxylation sites is 1. The first-order valence-corrected chi connectivity index (χ1v) is 8.50. The molecule has 0 saturated heterocycles. The molecule has 4 heteroatoms. The van der Waals surface area contributed by atoms with Crippen LogP contribution in [0.2, 0.25) is 0 Å². The van der Waals surface area contributed by atoms with Crippen LogP contribution in [0.3, 0.4) is 0 Å². The van der Waals surface area contributed by atoms with Gasteiger partial charge in [-0.05, 0) is 43.4 Å². The van der Waals surface area contributed by atoms with Crippen LogP contribution in [0.15, 0.2) is 48.5 Å². The first-order valence-electron chi connectivity index (χ1n) is 8.50. The van der Waals surface area contributed by atoms with Gasteiger partial charge in [0.2, 0.25) is 0 Å². The average molecular weight is 339 g/mol. The highest BCUT2D eigenvalue weighted by Gasteiger charge is 2.20. The second-order valence-electron chi connectivity index (χ2n) is 6.40. The Bertz CT molecular complexity index is 720. The van der Waals surface area contributed by atoms with Gasteiger partial charge in [-0.25, -0.2) is 0 Å². The van der Waals surface area contributed by atoms with Gasteiger partial charge < -0.3 is 10.1 Å². The van der Waals surface area contributed by atoms with Crippen molar-refractivity contribution in [2.45, 2.75) is 46.1 Å². The molecule has 4 nitrogen and oxygen atoms in total. The number of ether oxygens (including phenoxy) is 1. The number of rotatable bonds is 6. The molecule has 1 N–H and O–H groups in total. The van der Waals surface area contributed by atoms with Crippen molar-refractivity contribution < 1.29 is 14.3 Å². The number of nitrogens with one attached hydrogen (secondary N) is 1. The summed E-state index contributed by atoms with van der Waals surface area (Å²) >= 11 is 0. The van der Waals surface area contributed by atoms with Crippen molar-refractivity contribution >= 4 is 17.6 Å². The van der Waals surface area contributed by atoms with Crippen molar-refractivity contribution in [3.05, 3.63) is 65.2 Å². The second-order valence-corrected chi connectivity index (χ2v) is 6.40. The van der Waals surface area contributed by atoms with E-state index in [0.717, 1.165) is 22.4 Å². The van der Waals surface area contributed by atoms with E-state index in [9.17, 15) is 9.59 Å². The highest BCUT2D eigenvalue weighted by atomic mass is 16.5. The van der Waals surface area contributed by atoms with E-state index in [2.05, 4.69) is 5.32 Å². The zero-order valence-corrected chi connectivity index (χ0v) is 15.2. The summed E-state index contributed by atoms with van der Waals surface area (Å²) in [6.45, 7) is 7.42. The normalized spacial score (nSPS) is 13.0. The molecule has 2 aromatic carbocycles. The molecule has 0 aromatic heterocycles. The third-order valence-corrected chi connectivity index (χ3v) is 4.25. The summed E-state index contributed by atoms with van der Waals surface area (Å²) in [5, 5.41) is 2.85. The molecule has 0 bridgehead atoms. The minimum atomic E-state index is -0.838. The monoisotopic (exact) mass is 339 g/mol. The second kappa shape index (κ2) is 8.47. The maximum Gasteiger partial charge on any atom is 0.307 e. The Kier molecular flexibility index (Phi) is 6.34. The summed E-state index contributed by atoms with van der Waals surface area (Å²) in [6, 6.07) is 15.6. The highest BCUT2D eigenvalue weighted by Crippen LogP contribution is 2.21. The quantitative estimate of drug-likeness (QED) is 0.795. The van der Waals surface area contributed by atoms with E-state index < -0.39 is 6.10 Å². The van der Waals surface area contributed by atoms with Gasteiger partial charge in [0.1, 0.15) is 0 Å². The van der Waals surface area contributed by atoms with Crippen LogP contribution in [-0.4, -0.2) is 18.0 Å². The van der Waals surface area contributed by atoms with Crippen LogP contribution in [0, 0.1) is 13.8 Å². The molecule has 0 unspecified atom stereocenters. The lowest BCUT2D eigenvalue weighted by Gasteiger charge is -2.17. The Balaban J connectivity index is 1.91. The number of hydrogen-bond donors (Lipinski definition) is 1. The lowest BCUT2D eigenvalue weighted by Crippen LogP contribution is -2.30. The van der Waals surface area contributed by atoms with E-state index in [1.165, 1.54) is 0 Å². The van der Waals surface area contributed by atoms with E-state index >= 15 is 0 Å². The van der Waals surface area contributed by atoms with Gasteiger partial charge in [-0.15, -0.1) is 0 Å². The third-order valence-electron chi connectivity index (χ3n) is 4.25. The van der Waals surface area contributed by atoms with Crippen LogP contribution < -0.4 is 5.32 Å². The van der Waals surface area contributed by atoms with Gasteiger partial charge in [-0.2, -0.15) is 0 Å². The Morgan fingerprint density at radius 2 is 1.56 bits per heavy atom. The van der Waals surface area contributed by atoms with Crippen molar-refractivity contribution in [1.29, 1.82) is 0 Å². The maximum atomic E-state index is 12.3. The number of benzene rings is 2. The zero-order chi connectivity index (χ0) is 18.4. The largest absolute Gasteiger partial charge is 0.453 e. The number of esters is 1. The first-order chi connectivity index (χ1) is 11.9. The summed E-state index contributed by atoms with van der Waals surface area (Å²) in [5.41, 5.74) is 3.80. The molecule has 1 amide bonds. The van der Waals surface area contributed by atoms with Gasteiger partial charge in [0.25, 0.3) is 5.91 Å². The number of aryl methyl sites for hydroxylation is 2. The Morgan fingerprint density at radius 3 is 2.16 bits per heavy atom. The van der Waals surface area contributed by atoms with Crippen molar-refractivity contribution in [2.75, 3.05) is 5.32 Å². The van der Waals surface area contributed by atoms with Crippen LogP contribution in [0.25, 0.3) is 0 Å². The molecular formula is C21H25NO3. The van der Waals surface area contributed by atoms with Crippen LogP contribution in [0.5, 0.6) is 0 Å². The van der Waals surface area contributed by atoms with Crippen LogP contribution in [0.1, 0.15) is 42.9 Å². The molecule has 0 aliphatic carbocycles. The standard InChI is InChI=1S/C21H25NO3/c1-14-9-8-10-15(2)20(14)22-21(24)17(4)25-19(23)13-16(3)18-11-6-5-7-12-18/h5-12,16-17H,13H2,1-4H3,(H,22,24)/t16-,17+/m1/s1. The van der Waals surface area contributed by atoms with Crippen LogP contribution in [0.4, 0.5) is 5.69 Å². The maximum absolute atomic E-state index is 12.3. The molecule has 0 aliphatic rings. The molecule has 25 heavy (non-hydrogen) atoms. The van der Waals surface area contributed by atoms with Gasteiger partial charge in [-0.3, -0.25) is 9.59 Å². The fourth-order valence-electron chi connectivity index (χ4n) is 2.68. The van der Waals surface area contributed by atoms with Crippen LogP contribution >= 0.6 is 0 Å². The molecule has 2 aromatic rings. The van der Waals surface area contributed by atoms with Gasteiger partial charge >= 0.3 is 5.97 Å². The lowest BCUT2D eigenvalue weighted by atomic mass is 9.98. The fourth-order valence-corrected chi connectivity index (χ4v) is 2.68. The molecule has 2 atom stereocenters. The van der Waals surface area contributed by atoms with Gasteiger partial charge in [-0.1, -0.05) is 55.5 Å². The van der Waals surface area contributed by atoms with Crippen molar-refractivity contribution in [1.82, 2.24) is 0 Å². The molecule has 0 saturated carbocycles. The summed E-state index contributed by atoms with van der Waals surface area (Å²) in [7, 11) is 0. The highest BCUT2D eigenvalue weighted by molar-refractivity contribution is 5.96. The van der Waals surface area contributed by atoms with Gasteiger partial charge in [0, 0.05) is 5.69 Å². The predicted molar refractivity (Wildman–Crippen MR) is 99.6 cm³/mol. The number of hydrogen-bond acceptors (Lipinski definition) is 3. The molecule has 132 valence electrons. The molecule has 0 spiro atoms. The Labute approximate surface area is 149 Å². The van der Waals surface area contributed by atoms with Gasteiger partial charge in [0.05, 0.1) is 6.42 Å². The topological polar surface area (TPSA) is 55.4 Å². The minimum Gasteiger partial charge on any atom is -0.453 e. The average Bonchev–Trinajstić information content (AvgIpc) is 2.58. The van der Waals surface area contributed by atoms with E-state index in [4.69, 9.17) is 4.74 Å². The number of amides is 1. The number of anilines is 1. The minimum absolute atomic E-state index is 0.0440. The predicted octanol–water partition coefficient (Wildman–Crippen LogP) is 4.37. The Hall–Kier alpha value is -2.62. The summed E-state index contributed by atoms with van der Waals surface area (Å²) in [6.07, 6.45) is -0.597. The zero-order valence-electron chi connectivity index (χ0n) is 15.2. The molecule has 0 radical (unpaired) electrons. The van der Waals surface area contributed by atoms with E-state index in [1.54, 1.807) is 6.92 Å². The van der Waals surface area contributed by atoms with Crippen LogP contribution in [-0.2, 0) is 14.3 Å². The summed E-state index contributed by atoms with van der Waals surface area (Å²) in [5.74, 6) is -0.652. The van der Waals surface area contributed by atoms with E-state index in [-0.39, 0.29) is 24.2 Å². The van der Waals surface area contributed by atoms with E-state index in [0.29, 0.717) is 0 Å². The van der Waals surface area contributed by atoms with Crippen molar-refractivity contribution in [3.63, 3.8) is 0 Å². The number of carbonyl (C=O) groups excluding carboxylic acids is 2. The van der Waals surface area contributed by atoms with Crippen molar-refractivity contribution in [3.8, 4) is 0 Å². The molecule has 0 fully saturated rings. The molecular weight excluding hydrogens is 314 g/mol. The summed E-state index contributed by atoms with van der Waals surface area (Å²) < 4.78 is 5.31. The smallest absolute Gasteiger partial charge is 0.307 e. The Morgan fingerprint density at radius 1 is 0.960 bits per heavy atom. The first kappa shape index (κ1) is 18.7. The third kappa shape index (κ3) is 5.18. The lowest BCUT2D eigenvalue weighted by molar-refractivity contribution is -0.153. The number of carbonyl (C=O) groups is 2. The summed E-state index contributed by atoms with van der Waals surface area (Å²) in [4.78, 5) is 24.4. The SMILES string of the molecule is Cc1cccc(C)c1NC(=O)[C@H](C)OC(=O)C[C@@H](C)c1ccccc1. The molecule has 0 aliphatic heterocycles. The van der Waals surface area contributed by atoms with E-state index in [1.807, 2.05) is 69.3 Å². The molecule has 0 heterocycles. The van der Waals surface area contributed by atoms with Crippen molar-refractivity contribution in [2.24, 2.45) is 0 Å². The fraction of sp³-hybridized carbons (Fsp3) is 0.333. The molecule has 2 rings (SSSR count).